The lowest BCUT2D eigenvalue weighted by molar-refractivity contribution is -0.138. The Morgan fingerprint density at radius 1 is 1.11 bits per heavy atom. The minimum absolute atomic E-state index is 0.210. The average molecular weight is 538 g/mol. The molecule has 1 aliphatic rings. The maximum Gasteiger partial charge on any atom is 0.319 e. The van der Waals surface area contributed by atoms with Crippen molar-refractivity contribution in [1.29, 1.82) is 0 Å². The molecule has 2 aromatic rings. The Kier molecular flexibility index (Phi) is 11.6. The number of allylic oxidation sites excluding steroid dienone is 5. The van der Waals surface area contributed by atoms with Gasteiger partial charge < -0.3 is 15.0 Å². The first-order valence-corrected chi connectivity index (χ1v) is 14.3. The second-order valence-electron chi connectivity index (χ2n) is 9.81. The van der Waals surface area contributed by atoms with Gasteiger partial charge in [0.2, 0.25) is 0 Å². The highest BCUT2D eigenvalue weighted by atomic mass is 32.2. The van der Waals surface area contributed by atoms with Crippen LogP contribution in [0, 0.1) is 6.92 Å². The molecular weight excluding hydrogens is 494 g/mol. The van der Waals surface area contributed by atoms with Gasteiger partial charge >= 0.3 is 5.97 Å². The fraction of sp³-hybridized carbons (Fsp3) is 0.452. The maximum absolute atomic E-state index is 13.4. The largest absolute Gasteiger partial charge is 0.480 e. The van der Waals surface area contributed by atoms with Crippen LogP contribution in [0.15, 0.2) is 64.2 Å². The van der Waals surface area contributed by atoms with Gasteiger partial charge in [0.15, 0.2) is 0 Å². The van der Waals surface area contributed by atoms with Crippen LogP contribution in [0.3, 0.4) is 0 Å². The number of unbranched alkanes of at least 4 members (excludes halogenated alkanes) is 2. The van der Waals surface area contributed by atoms with Crippen LogP contribution in [-0.4, -0.2) is 31.3 Å². The molecule has 3 rings (SSSR count). The van der Waals surface area contributed by atoms with E-state index in [-0.39, 0.29) is 5.91 Å². The highest BCUT2D eigenvalue weighted by Gasteiger charge is 2.28. The van der Waals surface area contributed by atoms with Crippen molar-refractivity contribution in [3.05, 3.63) is 70.7 Å². The molecule has 206 valence electrons. The third-order valence-corrected chi connectivity index (χ3v) is 7.50. The Labute approximate surface area is 232 Å². The average Bonchev–Trinajstić information content (AvgIpc) is 3.12. The van der Waals surface area contributed by atoms with Crippen molar-refractivity contribution in [2.45, 2.75) is 97.3 Å². The second kappa shape index (κ2) is 14.2. The molecular formula is C31H43N3O3S. The quantitative estimate of drug-likeness (QED) is 0.237. The molecule has 0 fully saturated rings. The first kappa shape index (κ1) is 31.2. The number of carboxylic acids is 1. The summed E-state index contributed by atoms with van der Waals surface area (Å²) in [4.78, 5) is 30.6. The van der Waals surface area contributed by atoms with Gasteiger partial charge in [0.05, 0.1) is 0 Å². The number of aliphatic carboxylic acids is 1. The minimum Gasteiger partial charge on any atom is -0.480 e. The van der Waals surface area contributed by atoms with Crippen molar-refractivity contribution in [3.63, 3.8) is 0 Å². The summed E-state index contributed by atoms with van der Waals surface area (Å²) < 4.78 is 1.21. The molecule has 0 bridgehead atoms. The maximum atomic E-state index is 13.4. The number of hydrogen-bond donors (Lipinski definition) is 2. The molecule has 1 heterocycles. The number of nitrogens with zero attached hydrogens (tertiary/aromatic N) is 2. The third-order valence-electron chi connectivity index (χ3n) is 6.31. The molecule has 0 aliphatic heterocycles. The predicted molar refractivity (Wildman–Crippen MR) is 159 cm³/mol. The van der Waals surface area contributed by atoms with Gasteiger partial charge in [0.1, 0.15) is 16.3 Å². The van der Waals surface area contributed by atoms with E-state index in [9.17, 15) is 14.7 Å². The lowest BCUT2D eigenvalue weighted by Crippen LogP contribution is -2.26. The summed E-state index contributed by atoms with van der Waals surface area (Å²) in [5.41, 5.74) is 5.19. The fourth-order valence-electron chi connectivity index (χ4n) is 4.03. The van der Waals surface area contributed by atoms with E-state index in [1.54, 1.807) is 13.8 Å². The zero-order chi connectivity index (χ0) is 28.5. The lowest BCUT2D eigenvalue weighted by Gasteiger charge is -2.18. The van der Waals surface area contributed by atoms with Crippen LogP contribution in [0.4, 0.5) is 0 Å². The van der Waals surface area contributed by atoms with E-state index in [0.717, 1.165) is 71.0 Å². The summed E-state index contributed by atoms with van der Waals surface area (Å²) >= 11 is 1.31. The van der Waals surface area contributed by atoms with Gasteiger partial charge in [-0.15, -0.1) is 11.8 Å². The number of carboxylic acid groups (broad SMARTS) is 1. The first-order valence-electron chi connectivity index (χ1n) is 13.5. The van der Waals surface area contributed by atoms with E-state index in [2.05, 4.69) is 29.0 Å². The third kappa shape index (κ3) is 7.97. The van der Waals surface area contributed by atoms with E-state index in [4.69, 9.17) is 4.98 Å². The van der Waals surface area contributed by atoms with Crippen molar-refractivity contribution < 1.29 is 14.7 Å². The smallest absolute Gasteiger partial charge is 0.319 e. The molecule has 0 atom stereocenters. The molecule has 0 unspecified atom stereocenters. The number of amides is 1. The molecule has 0 spiro atoms. The molecule has 2 N–H and O–H groups in total. The van der Waals surface area contributed by atoms with Crippen molar-refractivity contribution in [1.82, 2.24) is 14.9 Å². The number of rotatable bonds is 10. The number of carbonyl (C=O) groups excluding carboxylic acids is 1. The van der Waals surface area contributed by atoms with E-state index in [1.807, 2.05) is 65.0 Å². The number of aromatic nitrogens is 2. The number of imidazole rings is 1. The van der Waals surface area contributed by atoms with Crippen molar-refractivity contribution in [3.8, 4) is 11.4 Å². The van der Waals surface area contributed by atoms with Crippen LogP contribution in [0.2, 0.25) is 0 Å². The predicted octanol–water partition coefficient (Wildman–Crippen LogP) is 7.94. The Morgan fingerprint density at radius 3 is 2.37 bits per heavy atom. The Balaban J connectivity index is 0.00000247. The van der Waals surface area contributed by atoms with Crippen molar-refractivity contribution >= 4 is 23.6 Å². The molecule has 0 saturated heterocycles. The number of benzene rings is 1. The van der Waals surface area contributed by atoms with Gasteiger partial charge in [-0.3, -0.25) is 9.59 Å². The number of hydrogen-bond acceptors (Lipinski definition) is 4. The molecule has 38 heavy (non-hydrogen) atoms. The van der Waals surface area contributed by atoms with Gasteiger partial charge in [0, 0.05) is 28.4 Å². The zero-order valence-electron chi connectivity index (χ0n) is 24.1. The molecule has 1 amide bonds. The summed E-state index contributed by atoms with van der Waals surface area (Å²) in [6, 6.07) is 7.75. The number of carbonyl (C=O) groups is 2. The number of nitrogens with one attached hydrogen (secondary N) is 1. The Hall–Kier alpha value is -3.06. The summed E-state index contributed by atoms with van der Waals surface area (Å²) in [5, 5.41) is 12.5. The van der Waals surface area contributed by atoms with E-state index < -0.39 is 10.7 Å². The molecule has 7 heteroatoms. The van der Waals surface area contributed by atoms with Crippen LogP contribution >= 0.6 is 11.8 Å². The van der Waals surface area contributed by atoms with E-state index >= 15 is 0 Å². The van der Waals surface area contributed by atoms with Crippen LogP contribution in [0.5, 0.6) is 0 Å². The van der Waals surface area contributed by atoms with E-state index in [0.29, 0.717) is 5.69 Å². The summed E-state index contributed by atoms with van der Waals surface area (Å²) in [5.74, 6) is -0.310. The summed E-state index contributed by atoms with van der Waals surface area (Å²) in [6.45, 7) is 16.3. The first-order chi connectivity index (χ1) is 18.0. The minimum atomic E-state index is -0.922. The highest BCUT2D eigenvalue weighted by molar-refractivity contribution is 8.01. The normalized spacial score (nSPS) is 13.4. The van der Waals surface area contributed by atoms with Gasteiger partial charge in [-0.05, 0) is 76.8 Å². The van der Waals surface area contributed by atoms with Crippen LogP contribution in [0.25, 0.3) is 11.4 Å². The summed E-state index contributed by atoms with van der Waals surface area (Å²) in [6.07, 6.45) is 10.2. The Bertz CT molecular complexity index is 1220. The van der Waals surface area contributed by atoms with Crippen LogP contribution < -0.4 is 5.32 Å². The molecule has 1 aliphatic carbocycles. The highest BCUT2D eigenvalue weighted by Crippen LogP contribution is 2.34. The molecule has 0 saturated carbocycles. The second-order valence-corrected chi connectivity index (χ2v) is 11.5. The Morgan fingerprint density at radius 2 is 1.76 bits per heavy atom. The zero-order valence-corrected chi connectivity index (χ0v) is 25.0. The van der Waals surface area contributed by atoms with Gasteiger partial charge in [0.25, 0.3) is 5.91 Å². The van der Waals surface area contributed by atoms with Crippen molar-refractivity contribution in [2.24, 2.45) is 0 Å². The lowest BCUT2D eigenvalue weighted by atomic mass is 10.1. The van der Waals surface area contributed by atoms with Gasteiger partial charge in [-0.1, -0.05) is 57.9 Å². The molecule has 0 radical (unpaired) electrons. The SMILES string of the molecule is CC.CCCCCn1c(-c2ccc(SC(C)(C)C(=O)O)cc2)nc(C(=O)NC2=C(C)CC=CC(C)=C2)c1C. The summed E-state index contributed by atoms with van der Waals surface area (Å²) in [7, 11) is 0. The standard InChI is InChI=1S/C29H37N3O3S.C2H6/c1-7-8-9-17-32-21(4)25(27(33)30-24-18-19(2)11-10-12-20(24)3)31-26(32)22-13-15-23(16-14-22)36-29(5,6)28(34)35;1-2/h10-11,13-16,18H,7-9,12,17H2,1-6H3,(H,30,33)(H,34,35);1-2H3. The topological polar surface area (TPSA) is 84.2 Å². The molecule has 1 aromatic heterocycles. The van der Waals surface area contributed by atoms with Crippen LogP contribution in [0.1, 0.15) is 90.3 Å². The van der Waals surface area contributed by atoms with Crippen LogP contribution in [-0.2, 0) is 11.3 Å². The molecule has 1 aromatic carbocycles. The van der Waals surface area contributed by atoms with Crippen molar-refractivity contribution in [2.75, 3.05) is 0 Å². The number of thioether (sulfide) groups is 1. The van der Waals surface area contributed by atoms with Gasteiger partial charge in [-0.25, -0.2) is 4.98 Å². The van der Waals surface area contributed by atoms with E-state index in [1.165, 1.54) is 11.8 Å². The fourth-order valence-corrected chi connectivity index (χ4v) is 4.98. The van der Waals surface area contributed by atoms with Gasteiger partial charge in [-0.2, -0.15) is 0 Å². The molecule has 6 nitrogen and oxygen atoms in total. The monoisotopic (exact) mass is 537 g/mol.